The summed E-state index contributed by atoms with van der Waals surface area (Å²) in [6, 6.07) is 0. The fourth-order valence-corrected chi connectivity index (χ4v) is 1.83. The molecule has 0 bridgehead atoms. The van der Waals surface area contributed by atoms with Crippen LogP contribution in [0, 0.1) is 0 Å². The zero-order valence-corrected chi connectivity index (χ0v) is 11.2. The molecule has 1 heterocycles. The van der Waals surface area contributed by atoms with Gasteiger partial charge in [-0.05, 0) is 47.2 Å². The number of rotatable bonds is 4. The Labute approximate surface area is 105 Å². The van der Waals surface area contributed by atoms with Crippen molar-refractivity contribution in [2.24, 2.45) is 0 Å². The molecular weight excluding hydrogens is 243 g/mol. The van der Waals surface area contributed by atoms with Crippen LogP contribution in [-0.2, 0) is 18.1 Å². The van der Waals surface area contributed by atoms with E-state index < -0.39 is 17.4 Å². The van der Waals surface area contributed by atoms with Crippen molar-refractivity contribution in [3.63, 3.8) is 0 Å². The Morgan fingerprint density at radius 2 is 1.89 bits per heavy atom. The van der Waals surface area contributed by atoms with Crippen molar-refractivity contribution in [1.29, 1.82) is 0 Å². The van der Waals surface area contributed by atoms with E-state index in [2.05, 4.69) is 10.4 Å². The van der Waals surface area contributed by atoms with Crippen LogP contribution in [0.4, 0.5) is 13.2 Å². The van der Waals surface area contributed by atoms with Crippen LogP contribution in [0.25, 0.3) is 0 Å². The summed E-state index contributed by atoms with van der Waals surface area (Å²) in [5.74, 6) is 0. The van der Waals surface area contributed by atoms with E-state index in [1.807, 2.05) is 0 Å². The van der Waals surface area contributed by atoms with Crippen LogP contribution in [0.1, 0.15) is 38.4 Å². The molecule has 0 aliphatic carbocycles. The van der Waals surface area contributed by atoms with Gasteiger partial charge in [0.1, 0.15) is 5.69 Å². The van der Waals surface area contributed by atoms with Gasteiger partial charge in [0.25, 0.3) is 0 Å². The average molecular weight is 263 g/mol. The number of halogens is 3. The maximum atomic E-state index is 13.1. The van der Waals surface area contributed by atoms with E-state index in [4.69, 9.17) is 0 Å². The third-order valence-electron chi connectivity index (χ3n) is 2.62. The highest BCUT2D eigenvalue weighted by molar-refractivity contribution is 5.22. The van der Waals surface area contributed by atoms with E-state index in [0.29, 0.717) is 19.4 Å². The van der Waals surface area contributed by atoms with Gasteiger partial charge < -0.3 is 5.32 Å². The lowest BCUT2D eigenvalue weighted by Crippen LogP contribution is -2.29. The topological polar surface area (TPSA) is 29.9 Å². The van der Waals surface area contributed by atoms with Gasteiger partial charge in [-0.2, -0.15) is 18.3 Å². The monoisotopic (exact) mass is 263 g/mol. The molecule has 1 aromatic heterocycles. The maximum Gasteiger partial charge on any atom is 0.433 e. The van der Waals surface area contributed by atoms with E-state index in [0.717, 1.165) is 4.68 Å². The molecule has 0 aromatic carbocycles. The lowest BCUT2D eigenvalue weighted by molar-refractivity contribution is -0.146. The van der Waals surface area contributed by atoms with Crippen molar-refractivity contribution >= 4 is 0 Å². The molecule has 0 spiro atoms. The first-order chi connectivity index (χ1) is 8.18. The molecule has 1 N–H and O–H groups in total. The largest absolute Gasteiger partial charge is 0.433 e. The molecule has 0 aliphatic rings. The molecule has 0 radical (unpaired) electrons. The zero-order chi connectivity index (χ0) is 14.0. The van der Waals surface area contributed by atoms with Crippen LogP contribution in [-0.4, -0.2) is 23.4 Å². The summed E-state index contributed by atoms with van der Waals surface area (Å²) >= 11 is 0. The average Bonchev–Trinajstić information content (AvgIpc) is 2.60. The lowest BCUT2D eigenvalue weighted by Gasteiger charge is -2.24. The summed E-state index contributed by atoms with van der Waals surface area (Å²) in [6.45, 7) is 5.84. The number of hydrogen-bond donors (Lipinski definition) is 1. The highest BCUT2D eigenvalue weighted by atomic mass is 19.4. The van der Waals surface area contributed by atoms with Crippen LogP contribution in [0.3, 0.4) is 0 Å². The van der Waals surface area contributed by atoms with E-state index in [9.17, 15) is 13.2 Å². The second-order valence-electron chi connectivity index (χ2n) is 5.31. The Kier molecular flexibility index (Phi) is 4.42. The number of nitrogens with zero attached hydrogens (tertiary/aromatic N) is 2. The van der Waals surface area contributed by atoms with Crippen molar-refractivity contribution in [2.45, 2.75) is 45.3 Å². The van der Waals surface area contributed by atoms with Crippen molar-refractivity contribution in [2.75, 3.05) is 13.6 Å². The van der Waals surface area contributed by atoms with Crippen molar-refractivity contribution in [3.8, 4) is 0 Å². The number of nitrogens with one attached hydrogen (secondary N) is 1. The first kappa shape index (κ1) is 15.0. The summed E-state index contributed by atoms with van der Waals surface area (Å²) in [4.78, 5) is 0. The minimum atomic E-state index is -4.36. The number of alkyl halides is 3. The minimum absolute atomic E-state index is 0.271. The normalized spacial score (nSPS) is 13.1. The van der Waals surface area contributed by atoms with Gasteiger partial charge in [0.15, 0.2) is 0 Å². The van der Waals surface area contributed by atoms with Gasteiger partial charge in [0, 0.05) is 5.56 Å². The van der Waals surface area contributed by atoms with Crippen molar-refractivity contribution in [1.82, 2.24) is 15.1 Å². The molecule has 0 fully saturated rings. The highest BCUT2D eigenvalue weighted by Gasteiger charge is 2.40. The van der Waals surface area contributed by atoms with Crippen LogP contribution in [0.5, 0.6) is 0 Å². The summed E-state index contributed by atoms with van der Waals surface area (Å²) in [5, 5.41) is 6.83. The molecule has 0 saturated heterocycles. The zero-order valence-electron chi connectivity index (χ0n) is 11.2. The molecular formula is C12H20F3N3. The Hall–Kier alpha value is -1.04. The quantitative estimate of drug-likeness (QED) is 0.847. The Morgan fingerprint density at radius 1 is 1.28 bits per heavy atom. The minimum Gasteiger partial charge on any atom is -0.320 e. The highest BCUT2D eigenvalue weighted by Crippen LogP contribution is 2.35. The fraction of sp³-hybridized carbons (Fsp3) is 0.750. The predicted molar refractivity (Wildman–Crippen MR) is 64.5 cm³/mol. The van der Waals surface area contributed by atoms with Gasteiger partial charge in [0.05, 0.1) is 11.7 Å². The molecule has 0 unspecified atom stereocenters. The van der Waals surface area contributed by atoms with Crippen LogP contribution in [0.15, 0.2) is 6.20 Å². The second kappa shape index (κ2) is 5.30. The Bertz CT molecular complexity index is 388. The van der Waals surface area contributed by atoms with Crippen LogP contribution < -0.4 is 5.32 Å². The second-order valence-corrected chi connectivity index (χ2v) is 5.31. The summed E-state index contributed by atoms with van der Waals surface area (Å²) in [7, 11) is 1.78. The molecule has 1 rings (SSSR count). The number of aromatic nitrogens is 2. The van der Waals surface area contributed by atoms with Gasteiger partial charge >= 0.3 is 6.18 Å². The molecule has 6 heteroatoms. The van der Waals surface area contributed by atoms with Crippen molar-refractivity contribution < 1.29 is 13.2 Å². The van der Waals surface area contributed by atoms with Gasteiger partial charge in [-0.3, -0.25) is 4.68 Å². The van der Waals surface area contributed by atoms with Gasteiger partial charge in [-0.15, -0.1) is 0 Å². The summed E-state index contributed by atoms with van der Waals surface area (Å²) < 4.78 is 40.4. The molecule has 104 valence electrons. The predicted octanol–water partition coefficient (Wildman–Crippen LogP) is 2.81. The summed E-state index contributed by atoms with van der Waals surface area (Å²) in [6.07, 6.45) is -1.98. The van der Waals surface area contributed by atoms with E-state index >= 15 is 0 Å². The number of hydrogen-bond acceptors (Lipinski definition) is 2. The first-order valence-electron chi connectivity index (χ1n) is 5.97. The van der Waals surface area contributed by atoms with Gasteiger partial charge in [0.2, 0.25) is 0 Å². The molecule has 0 saturated carbocycles. The molecule has 0 atom stereocenters. The smallest absolute Gasteiger partial charge is 0.320 e. The molecule has 1 aromatic rings. The SMILES string of the molecule is CNCCCc1cnn(C(C)(C)C)c1C(F)(F)F. The fourth-order valence-electron chi connectivity index (χ4n) is 1.83. The third kappa shape index (κ3) is 3.48. The molecule has 0 aliphatic heterocycles. The summed E-state index contributed by atoms with van der Waals surface area (Å²) in [5.41, 5.74) is -1.02. The first-order valence-corrected chi connectivity index (χ1v) is 5.97. The van der Waals surface area contributed by atoms with Crippen LogP contribution in [0.2, 0.25) is 0 Å². The van der Waals surface area contributed by atoms with Gasteiger partial charge in [-0.1, -0.05) is 0 Å². The Balaban J connectivity index is 3.09. The molecule has 18 heavy (non-hydrogen) atoms. The molecule has 0 amide bonds. The third-order valence-corrected chi connectivity index (χ3v) is 2.62. The van der Waals surface area contributed by atoms with E-state index in [1.165, 1.54) is 6.20 Å². The van der Waals surface area contributed by atoms with Gasteiger partial charge in [-0.25, -0.2) is 0 Å². The van der Waals surface area contributed by atoms with Crippen molar-refractivity contribution in [3.05, 3.63) is 17.5 Å². The lowest BCUT2D eigenvalue weighted by atomic mass is 10.1. The standard InChI is InChI=1S/C12H20F3N3/c1-11(2,3)18-10(12(13,14)15)9(8-17-18)6-5-7-16-4/h8,16H,5-7H2,1-4H3. The Morgan fingerprint density at radius 3 is 2.33 bits per heavy atom. The van der Waals surface area contributed by atoms with E-state index in [1.54, 1.807) is 27.8 Å². The van der Waals surface area contributed by atoms with E-state index in [-0.39, 0.29) is 5.56 Å². The molecule has 3 nitrogen and oxygen atoms in total. The maximum absolute atomic E-state index is 13.1. The van der Waals surface area contributed by atoms with Crippen LogP contribution >= 0.6 is 0 Å². The number of aryl methyl sites for hydroxylation is 1.